The van der Waals surface area contributed by atoms with Crippen LogP contribution in [0.4, 0.5) is 0 Å². The van der Waals surface area contributed by atoms with E-state index >= 15 is 0 Å². The summed E-state index contributed by atoms with van der Waals surface area (Å²) in [7, 11) is 1.58. The zero-order valence-electron chi connectivity index (χ0n) is 11.6. The fourth-order valence-electron chi connectivity index (χ4n) is 2.75. The van der Waals surface area contributed by atoms with Gasteiger partial charge < -0.3 is 19.9 Å². The normalized spacial score (nSPS) is 23.7. The third-order valence-corrected chi connectivity index (χ3v) is 3.81. The van der Waals surface area contributed by atoms with Crippen LogP contribution >= 0.6 is 0 Å². The number of carbonyl (C=O) groups is 2. The van der Waals surface area contributed by atoms with E-state index in [1.807, 2.05) is 4.90 Å². The summed E-state index contributed by atoms with van der Waals surface area (Å²) in [6, 6.07) is -0.248. The van der Waals surface area contributed by atoms with Gasteiger partial charge in [-0.05, 0) is 12.8 Å². The van der Waals surface area contributed by atoms with E-state index in [1.54, 1.807) is 12.0 Å². The monoisotopic (exact) mass is 269 g/mol. The van der Waals surface area contributed by atoms with E-state index in [0.717, 1.165) is 39.0 Å². The number of piperazine rings is 1. The maximum absolute atomic E-state index is 12.5. The molecule has 6 heteroatoms. The summed E-state index contributed by atoms with van der Waals surface area (Å²) in [5.74, 6) is 0.151. The molecule has 0 aromatic rings. The molecular weight excluding hydrogens is 246 g/mol. The molecule has 2 fully saturated rings. The first-order valence-electron chi connectivity index (χ1n) is 7.02. The van der Waals surface area contributed by atoms with E-state index in [0.29, 0.717) is 19.6 Å². The Labute approximate surface area is 114 Å². The van der Waals surface area contributed by atoms with Crippen molar-refractivity contribution < 1.29 is 14.3 Å². The lowest BCUT2D eigenvalue weighted by Crippen LogP contribution is -2.53. The largest absolute Gasteiger partial charge is 0.384 e. The van der Waals surface area contributed by atoms with Gasteiger partial charge in [-0.25, -0.2) is 0 Å². The zero-order valence-corrected chi connectivity index (χ0v) is 11.6. The van der Waals surface area contributed by atoms with Gasteiger partial charge in [-0.15, -0.1) is 0 Å². The van der Waals surface area contributed by atoms with Gasteiger partial charge in [-0.2, -0.15) is 0 Å². The van der Waals surface area contributed by atoms with Crippen LogP contribution in [0.15, 0.2) is 0 Å². The van der Waals surface area contributed by atoms with Crippen LogP contribution < -0.4 is 5.32 Å². The third-order valence-electron chi connectivity index (χ3n) is 3.81. The Hall–Kier alpha value is -1.14. The lowest BCUT2D eigenvalue weighted by atomic mass is 10.1. The molecular formula is C13H23N3O3. The fraction of sp³-hybridized carbons (Fsp3) is 0.846. The topological polar surface area (TPSA) is 61.9 Å². The summed E-state index contributed by atoms with van der Waals surface area (Å²) < 4.78 is 4.93. The number of nitrogens with zero attached hydrogens (tertiary/aromatic N) is 2. The van der Waals surface area contributed by atoms with Crippen molar-refractivity contribution in [2.75, 3.05) is 46.4 Å². The van der Waals surface area contributed by atoms with Gasteiger partial charge in [0.05, 0.1) is 13.0 Å². The highest BCUT2D eigenvalue weighted by molar-refractivity contribution is 5.88. The van der Waals surface area contributed by atoms with Gasteiger partial charge in [0.1, 0.15) is 6.04 Å². The Morgan fingerprint density at radius 3 is 2.68 bits per heavy atom. The van der Waals surface area contributed by atoms with E-state index < -0.39 is 0 Å². The molecule has 6 nitrogen and oxygen atoms in total. The van der Waals surface area contributed by atoms with E-state index in [1.165, 1.54) is 0 Å². The summed E-state index contributed by atoms with van der Waals surface area (Å²) in [6.07, 6.45) is 2.07. The molecule has 0 spiro atoms. The van der Waals surface area contributed by atoms with Crippen molar-refractivity contribution in [1.29, 1.82) is 0 Å². The zero-order chi connectivity index (χ0) is 13.7. The summed E-state index contributed by atoms with van der Waals surface area (Å²) >= 11 is 0. The molecule has 2 aliphatic rings. The predicted octanol–water partition coefficient (Wildman–Crippen LogP) is -0.554. The highest BCUT2D eigenvalue weighted by Crippen LogP contribution is 2.20. The average Bonchev–Trinajstić information content (AvgIpc) is 2.94. The average molecular weight is 269 g/mol. The molecule has 2 aliphatic heterocycles. The highest BCUT2D eigenvalue weighted by Gasteiger charge is 2.36. The number of amides is 2. The summed E-state index contributed by atoms with van der Waals surface area (Å²) in [5, 5.41) is 3.23. The Kier molecular flexibility index (Phi) is 5.15. The molecule has 0 radical (unpaired) electrons. The molecule has 1 atom stereocenters. The molecule has 0 aliphatic carbocycles. The van der Waals surface area contributed by atoms with Gasteiger partial charge in [0, 0.05) is 39.8 Å². The molecule has 2 amide bonds. The van der Waals surface area contributed by atoms with Crippen LogP contribution in [0.25, 0.3) is 0 Å². The molecule has 0 aromatic carbocycles. The summed E-state index contributed by atoms with van der Waals surface area (Å²) in [6.45, 7) is 4.30. The van der Waals surface area contributed by atoms with Crippen molar-refractivity contribution in [2.24, 2.45) is 0 Å². The van der Waals surface area contributed by atoms with Gasteiger partial charge in [-0.1, -0.05) is 0 Å². The van der Waals surface area contributed by atoms with Gasteiger partial charge >= 0.3 is 0 Å². The molecule has 2 heterocycles. The molecule has 1 N–H and O–H groups in total. The minimum absolute atomic E-state index is 0.0350. The number of hydrogen-bond acceptors (Lipinski definition) is 4. The molecule has 0 aromatic heterocycles. The second kappa shape index (κ2) is 6.86. The number of carbonyl (C=O) groups excluding carboxylic acids is 2. The first-order valence-corrected chi connectivity index (χ1v) is 7.02. The Morgan fingerprint density at radius 2 is 2.00 bits per heavy atom. The number of methoxy groups -OCH3 is 1. The molecule has 108 valence electrons. The minimum Gasteiger partial charge on any atom is -0.384 e. The van der Waals surface area contributed by atoms with Crippen molar-refractivity contribution >= 4 is 11.8 Å². The van der Waals surface area contributed by atoms with Crippen LogP contribution in [0.2, 0.25) is 0 Å². The molecule has 0 bridgehead atoms. The number of nitrogens with one attached hydrogen (secondary N) is 1. The fourth-order valence-corrected chi connectivity index (χ4v) is 2.75. The Balaban J connectivity index is 1.93. The second-order valence-electron chi connectivity index (χ2n) is 5.06. The van der Waals surface area contributed by atoms with Gasteiger partial charge in [0.25, 0.3) is 0 Å². The van der Waals surface area contributed by atoms with Gasteiger partial charge in [0.2, 0.25) is 11.8 Å². The van der Waals surface area contributed by atoms with E-state index in [4.69, 9.17) is 4.74 Å². The maximum Gasteiger partial charge on any atom is 0.245 e. The van der Waals surface area contributed by atoms with Crippen LogP contribution in [0.3, 0.4) is 0 Å². The van der Waals surface area contributed by atoms with E-state index in [2.05, 4.69) is 5.32 Å². The molecule has 19 heavy (non-hydrogen) atoms. The predicted molar refractivity (Wildman–Crippen MR) is 70.7 cm³/mol. The summed E-state index contributed by atoms with van der Waals surface area (Å²) in [4.78, 5) is 28.1. The third kappa shape index (κ3) is 3.45. The lowest BCUT2D eigenvalue weighted by molar-refractivity contribution is -0.144. The number of hydrogen-bond donors (Lipinski definition) is 1. The standard InChI is InChI=1S/C13H23N3O3/c1-19-10-4-12(17)16-7-2-3-11(16)13(18)15-8-5-14-6-9-15/h11,14H,2-10H2,1H3. The summed E-state index contributed by atoms with van der Waals surface area (Å²) in [5.41, 5.74) is 0. The number of rotatable bonds is 4. The van der Waals surface area contributed by atoms with Crippen molar-refractivity contribution in [3.8, 4) is 0 Å². The van der Waals surface area contributed by atoms with Crippen LogP contribution in [0, 0.1) is 0 Å². The van der Waals surface area contributed by atoms with E-state index in [9.17, 15) is 9.59 Å². The van der Waals surface area contributed by atoms with Crippen molar-refractivity contribution in [1.82, 2.24) is 15.1 Å². The van der Waals surface area contributed by atoms with Crippen LogP contribution in [0.1, 0.15) is 19.3 Å². The SMILES string of the molecule is COCCC(=O)N1CCCC1C(=O)N1CCNCC1. The first kappa shape index (κ1) is 14.3. The van der Waals surface area contributed by atoms with Crippen LogP contribution in [-0.2, 0) is 14.3 Å². The quantitative estimate of drug-likeness (QED) is 0.743. The van der Waals surface area contributed by atoms with Gasteiger partial charge in [0.15, 0.2) is 0 Å². The highest BCUT2D eigenvalue weighted by atomic mass is 16.5. The van der Waals surface area contributed by atoms with Crippen LogP contribution in [0.5, 0.6) is 0 Å². The number of ether oxygens (including phenoxy) is 1. The maximum atomic E-state index is 12.5. The van der Waals surface area contributed by atoms with E-state index in [-0.39, 0.29) is 17.9 Å². The van der Waals surface area contributed by atoms with Crippen molar-refractivity contribution in [3.63, 3.8) is 0 Å². The van der Waals surface area contributed by atoms with Crippen LogP contribution in [-0.4, -0.2) is 74.1 Å². The first-order chi connectivity index (χ1) is 9.24. The van der Waals surface area contributed by atoms with Crippen molar-refractivity contribution in [3.05, 3.63) is 0 Å². The molecule has 2 saturated heterocycles. The smallest absolute Gasteiger partial charge is 0.245 e. The Morgan fingerprint density at radius 1 is 1.26 bits per heavy atom. The molecule has 1 unspecified atom stereocenters. The van der Waals surface area contributed by atoms with Gasteiger partial charge in [-0.3, -0.25) is 9.59 Å². The molecule has 2 rings (SSSR count). The Bertz CT molecular complexity index is 329. The second-order valence-corrected chi connectivity index (χ2v) is 5.06. The number of likely N-dealkylation sites (tertiary alicyclic amines) is 1. The lowest BCUT2D eigenvalue weighted by Gasteiger charge is -2.33. The molecule has 0 saturated carbocycles. The minimum atomic E-state index is -0.248. The van der Waals surface area contributed by atoms with Crippen molar-refractivity contribution in [2.45, 2.75) is 25.3 Å².